The van der Waals surface area contributed by atoms with Crippen molar-refractivity contribution >= 4 is 11.6 Å². The molecule has 0 radical (unpaired) electrons. The summed E-state index contributed by atoms with van der Waals surface area (Å²) in [4.78, 5) is 0. The van der Waals surface area contributed by atoms with Gasteiger partial charge in [0.1, 0.15) is 12.4 Å². The normalized spacial score (nSPS) is 10.8. The van der Waals surface area contributed by atoms with Crippen LogP contribution in [0.2, 0.25) is 5.02 Å². The van der Waals surface area contributed by atoms with Crippen molar-refractivity contribution in [1.82, 2.24) is 10.5 Å². The molecule has 0 fully saturated rings. The van der Waals surface area contributed by atoms with E-state index < -0.39 is 0 Å². The first kappa shape index (κ1) is 14.9. The Balaban J connectivity index is 2.01. The number of aryl methyl sites for hydroxylation is 1. The summed E-state index contributed by atoms with van der Waals surface area (Å²) in [7, 11) is 0. The molecule has 0 aliphatic rings. The number of aromatic nitrogens is 1. The van der Waals surface area contributed by atoms with E-state index in [0.29, 0.717) is 17.4 Å². The second-order valence-electron chi connectivity index (χ2n) is 4.65. The van der Waals surface area contributed by atoms with Crippen LogP contribution in [0.5, 0.6) is 5.75 Å². The first-order chi connectivity index (χ1) is 9.69. The monoisotopic (exact) mass is 294 g/mol. The molecule has 0 aliphatic carbocycles. The zero-order valence-corrected chi connectivity index (χ0v) is 12.5. The highest BCUT2D eigenvalue weighted by Gasteiger charge is 2.07. The molecule has 0 saturated carbocycles. The maximum atomic E-state index is 6.04. The lowest BCUT2D eigenvalue weighted by atomic mass is 10.2. The predicted octanol–water partition coefficient (Wildman–Crippen LogP) is 3.72. The van der Waals surface area contributed by atoms with E-state index >= 15 is 0 Å². The Kier molecular flexibility index (Phi) is 5.44. The fraction of sp³-hybridized carbons (Fsp3) is 0.400. The number of nitrogens with one attached hydrogen (secondary N) is 1. The van der Waals surface area contributed by atoms with Crippen LogP contribution in [0.15, 0.2) is 28.8 Å². The summed E-state index contributed by atoms with van der Waals surface area (Å²) >= 11 is 6.04. The van der Waals surface area contributed by atoms with Gasteiger partial charge < -0.3 is 14.6 Å². The van der Waals surface area contributed by atoms with Gasteiger partial charge >= 0.3 is 0 Å². The SMILES string of the molecule is CCCNCc1cc(Cl)ccc1OCc1cc(C)no1. The number of hydrogen-bond donors (Lipinski definition) is 1. The zero-order valence-electron chi connectivity index (χ0n) is 11.8. The second-order valence-corrected chi connectivity index (χ2v) is 5.09. The Morgan fingerprint density at radius 2 is 2.20 bits per heavy atom. The molecule has 20 heavy (non-hydrogen) atoms. The Morgan fingerprint density at radius 3 is 2.90 bits per heavy atom. The second kappa shape index (κ2) is 7.31. The van der Waals surface area contributed by atoms with Crippen LogP contribution < -0.4 is 10.1 Å². The zero-order chi connectivity index (χ0) is 14.4. The molecule has 1 heterocycles. The Labute approximate surface area is 124 Å². The molecule has 1 aromatic carbocycles. The molecule has 0 unspecified atom stereocenters. The fourth-order valence-electron chi connectivity index (χ4n) is 1.86. The highest BCUT2D eigenvalue weighted by atomic mass is 35.5. The number of halogens is 1. The van der Waals surface area contributed by atoms with Crippen LogP contribution in [-0.2, 0) is 13.2 Å². The molecule has 0 aliphatic heterocycles. The first-order valence-electron chi connectivity index (χ1n) is 6.73. The highest BCUT2D eigenvalue weighted by molar-refractivity contribution is 6.30. The van der Waals surface area contributed by atoms with Gasteiger partial charge in [-0.25, -0.2) is 0 Å². The highest BCUT2D eigenvalue weighted by Crippen LogP contribution is 2.24. The van der Waals surface area contributed by atoms with Crippen molar-refractivity contribution < 1.29 is 9.26 Å². The van der Waals surface area contributed by atoms with Gasteiger partial charge in [0.05, 0.1) is 5.69 Å². The lowest BCUT2D eigenvalue weighted by Crippen LogP contribution is -2.14. The standard InChI is InChI=1S/C15H19ClN2O2/c1-3-6-17-9-12-8-13(16)4-5-15(12)19-10-14-7-11(2)18-20-14/h4-5,7-8,17H,3,6,9-10H2,1-2H3. The minimum atomic E-state index is 0.364. The van der Waals surface area contributed by atoms with Crippen LogP contribution in [0.4, 0.5) is 0 Å². The van der Waals surface area contributed by atoms with Crippen molar-refractivity contribution in [3.63, 3.8) is 0 Å². The van der Waals surface area contributed by atoms with Gasteiger partial charge in [-0.15, -0.1) is 0 Å². The number of nitrogens with zero attached hydrogens (tertiary/aromatic N) is 1. The van der Waals surface area contributed by atoms with E-state index in [0.717, 1.165) is 36.5 Å². The topological polar surface area (TPSA) is 47.3 Å². The Bertz CT molecular complexity index is 555. The summed E-state index contributed by atoms with van der Waals surface area (Å²) in [5.74, 6) is 1.52. The molecular formula is C15H19ClN2O2. The van der Waals surface area contributed by atoms with E-state index in [2.05, 4.69) is 17.4 Å². The summed E-state index contributed by atoms with van der Waals surface area (Å²) in [6.07, 6.45) is 1.09. The number of ether oxygens (including phenoxy) is 1. The summed E-state index contributed by atoms with van der Waals surface area (Å²) in [6, 6.07) is 7.50. The molecule has 5 heteroatoms. The van der Waals surface area contributed by atoms with Crippen molar-refractivity contribution in [3.8, 4) is 5.75 Å². The predicted molar refractivity (Wildman–Crippen MR) is 79.0 cm³/mol. The van der Waals surface area contributed by atoms with Crippen LogP contribution in [-0.4, -0.2) is 11.7 Å². The van der Waals surface area contributed by atoms with Crippen molar-refractivity contribution in [2.24, 2.45) is 0 Å². The average molecular weight is 295 g/mol. The van der Waals surface area contributed by atoms with Crippen LogP contribution in [0.25, 0.3) is 0 Å². The third-order valence-corrected chi connectivity index (χ3v) is 3.05. The van der Waals surface area contributed by atoms with Gasteiger partial charge in [-0.1, -0.05) is 23.7 Å². The summed E-state index contributed by atoms with van der Waals surface area (Å²) in [5.41, 5.74) is 1.90. The van der Waals surface area contributed by atoms with Crippen LogP contribution in [0.3, 0.4) is 0 Å². The minimum absolute atomic E-state index is 0.364. The smallest absolute Gasteiger partial charge is 0.174 e. The lowest BCUT2D eigenvalue weighted by molar-refractivity contribution is 0.246. The van der Waals surface area contributed by atoms with Gasteiger partial charge in [0.15, 0.2) is 5.76 Å². The summed E-state index contributed by atoms with van der Waals surface area (Å²) in [6.45, 7) is 6.08. The van der Waals surface area contributed by atoms with Crippen LogP contribution in [0, 0.1) is 6.92 Å². The quantitative estimate of drug-likeness (QED) is 0.791. The van der Waals surface area contributed by atoms with Crippen molar-refractivity contribution in [3.05, 3.63) is 46.3 Å². The molecule has 0 saturated heterocycles. The van der Waals surface area contributed by atoms with Crippen LogP contribution >= 0.6 is 11.6 Å². The maximum absolute atomic E-state index is 6.04. The number of rotatable bonds is 7. The van der Waals surface area contributed by atoms with E-state index in [1.807, 2.05) is 31.2 Å². The summed E-state index contributed by atoms with van der Waals surface area (Å²) < 4.78 is 10.9. The molecule has 0 atom stereocenters. The van der Waals surface area contributed by atoms with Gasteiger partial charge in [-0.05, 0) is 38.1 Å². The molecular weight excluding hydrogens is 276 g/mol. The molecule has 0 spiro atoms. The van der Waals surface area contributed by atoms with E-state index in [9.17, 15) is 0 Å². The van der Waals surface area contributed by atoms with Gasteiger partial charge in [0, 0.05) is 23.2 Å². The van der Waals surface area contributed by atoms with Crippen LogP contribution in [0.1, 0.15) is 30.4 Å². The minimum Gasteiger partial charge on any atom is -0.485 e. The fourth-order valence-corrected chi connectivity index (χ4v) is 2.05. The van der Waals surface area contributed by atoms with Crippen molar-refractivity contribution in [2.75, 3.05) is 6.54 Å². The molecule has 0 amide bonds. The number of hydrogen-bond acceptors (Lipinski definition) is 4. The van der Waals surface area contributed by atoms with E-state index in [1.54, 1.807) is 0 Å². The van der Waals surface area contributed by atoms with E-state index in [1.165, 1.54) is 0 Å². The molecule has 1 N–H and O–H groups in total. The molecule has 108 valence electrons. The third-order valence-electron chi connectivity index (χ3n) is 2.81. The van der Waals surface area contributed by atoms with Gasteiger partial charge in [-0.3, -0.25) is 0 Å². The summed E-state index contributed by atoms with van der Waals surface area (Å²) in [5, 5.41) is 7.89. The van der Waals surface area contributed by atoms with E-state index in [4.69, 9.17) is 20.9 Å². The first-order valence-corrected chi connectivity index (χ1v) is 7.11. The van der Waals surface area contributed by atoms with Gasteiger partial charge in [-0.2, -0.15) is 0 Å². The molecule has 1 aromatic heterocycles. The Morgan fingerprint density at radius 1 is 1.35 bits per heavy atom. The molecule has 0 bridgehead atoms. The number of benzene rings is 1. The largest absolute Gasteiger partial charge is 0.485 e. The van der Waals surface area contributed by atoms with Crippen molar-refractivity contribution in [1.29, 1.82) is 0 Å². The Hall–Kier alpha value is -1.52. The third kappa shape index (κ3) is 4.25. The maximum Gasteiger partial charge on any atom is 0.174 e. The van der Waals surface area contributed by atoms with Gasteiger partial charge in [0.2, 0.25) is 0 Å². The lowest BCUT2D eigenvalue weighted by Gasteiger charge is -2.11. The molecule has 4 nitrogen and oxygen atoms in total. The van der Waals surface area contributed by atoms with E-state index in [-0.39, 0.29) is 0 Å². The average Bonchev–Trinajstić information content (AvgIpc) is 2.84. The van der Waals surface area contributed by atoms with Crippen molar-refractivity contribution in [2.45, 2.75) is 33.4 Å². The molecule has 2 aromatic rings. The molecule has 2 rings (SSSR count). The van der Waals surface area contributed by atoms with Gasteiger partial charge in [0.25, 0.3) is 0 Å².